The highest BCUT2D eigenvalue weighted by molar-refractivity contribution is 5.86. The maximum atomic E-state index is 10.3. The summed E-state index contributed by atoms with van der Waals surface area (Å²) in [5.41, 5.74) is 0.433. The molecule has 0 aliphatic carbocycles. The van der Waals surface area contributed by atoms with Crippen molar-refractivity contribution in [2.24, 2.45) is 0 Å². The molecule has 0 aromatic heterocycles. The summed E-state index contributed by atoms with van der Waals surface area (Å²) in [7, 11) is 1.33. The van der Waals surface area contributed by atoms with Crippen LogP contribution in [0.3, 0.4) is 0 Å². The quantitative estimate of drug-likeness (QED) is 0.335. The molecule has 0 fully saturated rings. The van der Waals surface area contributed by atoms with Gasteiger partial charge in [0.15, 0.2) is 0 Å². The maximum Gasteiger partial charge on any atom is 0.332 e. The molecular weight excluding hydrogens is 258 g/mol. The summed E-state index contributed by atoms with van der Waals surface area (Å²) in [6.45, 7) is 13.9. The molecule has 0 aromatic carbocycles. The van der Waals surface area contributed by atoms with Gasteiger partial charge < -0.3 is 9.47 Å². The van der Waals surface area contributed by atoms with Crippen LogP contribution in [0.1, 0.15) is 26.7 Å². The Morgan fingerprint density at radius 2 is 1.85 bits per heavy atom. The van der Waals surface area contributed by atoms with E-state index >= 15 is 0 Å². The number of rotatable bonds is 5. The Kier molecular flexibility index (Phi) is 21.7. The van der Waals surface area contributed by atoms with Crippen LogP contribution in [0.5, 0.6) is 0 Å². The van der Waals surface area contributed by atoms with Crippen molar-refractivity contribution >= 4 is 11.9 Å². The third-order valence-corrected chi connectivity index (χ3v) is 1.53. The van der Waals surface area contributed by atoms with E-state index < -0.39 is 0 Å². The van der Waals surface area contributed by atoms with Crippen molar-refractivity contribution in [2.75, 3.05) is 13.7 Å². The number of nitriles is 1. The summed E-state index contributed by atoms with van der Waals surface area (Å²) in [4.78, 5) is 20.5. The first kappa shape index (κ1) is 22.8. The fraction of sp³-hybridized carbons (Fsp3) is 0.400. The zero-order valence-corrected chi connectivity index (χ0v) is 12.5. The van der Waals surface area contributed by atoms with Crippen LogP contribution in [0.25, 0.3) is 0 Å². The SMILES string of the molecule is C=C(C)C(=O)OC.C=CC#N.C=CC(=O)OCCCC. The van der Waals surface area contributed by atoms with Gasteiger partial charge in [0.2, 0.25) is 0 Å². The summed E-state index contributed by atoms with van der Waals surface area (Å²) in [5.74, 6) is -0.677. The standard InChI is InChI=1S/C7H12O2.C5H8O2.C3H3N/c1-3-5-6-9-7(8)4-2;1-4(2)5(6)7-3;1-2-3-4/h4H,2-3,5-6H2,1H3;1H2,2-3H3;2H,1H2. The lowest BCUT2D eigenvalue weighted by atomic mass is 10.4. The van der Waals surface area contributed by atoms with E-state index in [-0.39, 0.29) is 11.9 Å². The predicted octanol–water partition coefficient (Wildman–Crippen LogP) is 2.95. The fourth-order valence-corrected chi connectivity index (χ4v) is 0.550. The second-order valence-corrected chi connectivity index (χ2v) is 3.33. The number of hydrogen-bond acceptors (Lipinski definition) is 5. The van der Waals surface area contributed by atoms with Gasteiger partial charge in [0.1, 0.15) is 0 Å². The Morgan fingerprint density at radius 1 is 1.35 bits per heavy atom. The fourth-order valence-electron chi connectivity index (χ4n) is 0.550. The van der Waals surface area contributed by atoms with E-state index in [2.05, 4.69) is 29.2 Å². The van der Waals surface area contributed by atoms with Crippen molar-refractivity contribution in [3.63, 3.8) is 0 Å². The number of hydrogen-bond donors (Lipinski definition) is 0. The van der Waals surface area contributed by atoms with E-state index in [9.17, 15) is 9.59 Å². The number of esters is 2. The Hall–Kier alpha value is -2.35. The molecule has 0 spiro atoms. The van der Waals surface area contributed by atoms with Gasteiger partial charge in [-0.15, -0.1) is 0 Å². The van der Waals surface area contributed by atoms with Gasteiger partial charge in [0.05, 0.1) is 19.8 Å². The average Bonchev–Trinajstić information content (AvgIpc) is 2.47. The van der Waals surface area contributed by atoms with Crippen LogP contribution < -0.4 is 0 Å². The van der Waals surface area contributed by atoms with E-state index in [1.807, 2.05) is 6.92 Å². The lowest BCUT2D eigenvalue weighted by Gasteiger charge is -1.97. The van der Waals surface area contributed by atoms with Crippen LogP contribution in [0.2, 0.25) is 0 Å². The van der Waals surface area contributed by atoms with Crippen molar-refractivity contribution in [3.8, 4) is 6.07 Å². The van der Waals surface area contributed by atoms with Crippen molar-refractivity contribution in [3.05, 3.63) is 37.5 Å². The maximum absolute atomic E-state index is 10.3. The molecule has 0 aliphatic heterocycles. The van der Waals surface area contributed by atoms with Gasteiger partial charge in [-0.3, -0.25) is 0 Å². The molecule has 0 bridgehead atoms. The number of methoxy groups -OCH3 is 1. The second kappa shape index (κ2) is 19.0. The van der Waals surface area contributed by atoms with Crippen LogP contribution in [-0.4, -0.2) is 25.7 Å². The number of allylic oxidation sites excluding steroid dienone is 1. The molecule has 5 nitrogen and oxygen atoms in total. The van der Waals surface area contributed by atoms with Gasteiger partial charge in [-0.1, -0.05) is 33.1 Å². The molecule has 0 atom stereocenters. The Labute approximate surface area is 121 Å². The van der Waals surface area contributed by atoms with E-state index in [1.54, 1.807) is 13.0 Å². The van der Waals surface area contributed by atoms with Gasteiger partial charge in [-0.2, -0.15) is 5.26 Å². The Balaban J connectivity index is -0.000000234. The molecule has 0 aliphatic rings. The molecule has 5 heteroatoms. The molecule has 0 amide bonds. The minimum absolute atomic E-state index is 0.330. The topological polar surface area (TPSA) is 76.4 Å². The summed E-state index contributed by atoms with van der Waals surface area (Å²) >= 11 is 0. The zero-order chi connectivity index (χ0) is 16.4. The number of carbonyl (C=O) groups excluding carboxylic acids is 2. The number of unbranched alkanes of at least 4 members (excludes halogenated alkanes) is 1. The molecule has 0 rings (SSSR count). The monoisotopic (exact) mass is 281 g/mol. The molecule has 0 saturated heterocycles. The highest BCUT2D eigenvalue weighted by atomic mass is 16.5. The van der Waals surface area contributed by atoms with Crippen molar-refractivity contribution in [1.82, 2.24) is 0 Å². The Bertz CT molecular complexity index is 353. The molecule has 0 aromatic rings. The summed E-state index contributed by atoms with van der Waals surface area (Å²) < 4.78 is 8.95. The van der Waals surface area contributed by atoms with Crippen LogP contribution in [-0.2, 0) is 19.1 Å². The van der Waals surface area contributed by atoms with Crippen LogP contribution >= 0.6 is 0 Å². The van der Waals surface area contributed by atoms with E-state index in [0.717, 1.165) is 12.8 Å². The first-order valence-electron chi connectivity index (χ1n) is 5.94. The van der Waals surface area contributed by atoms with Crippen LogP contribution in [0.15, 0.2) is 37.5 Å². The van der Waals surface area contributed by atoms with Gasteiger partial charge >= 0.3 is 11.9 Å². The van der Waals surface area contributed by atoms with E-state index in [1.165, 1.54) is 19.3 Å². The second-order valence-electron chi connectivity index (χ2n) is 3.33. The van der Waals surface area contributed by atoms with Gasteiger partial charge in [-0.05, 0) is 13.3 Å². The van der Waals surface area contributed by atoms with Crippen molar-refractivity contribution < 1.29 is 19.1 Å². The molecule has 0 radical (unpaired) electrons. The molecule has 112 valence electrons. The molecular formula is C15H23NO4. The minimum Gasteiger partial charge on any atom is -0.466 e. The minimum atomic E-state index is -0.347. The van der Waals surface area contributed by atoms with Crippen molar-refractivity contribution in [2.45, 2.75) is 26.7 Å². The molecule has 0 unspecified atom stereocenters. The average molecular weight is 281 g/mol. The normalized spacial score (nSPS) is 7.30. The first-order valence-corrected chi connectivity index (χ1v) is 5.94. The first-order chi connectivity index (χ1) is 9.40. The largest absolute Gasteiger partial charge is 0.466 e. The Morgan fingerprint density at radius 3 is 2.05 bits per heavy atom. The van der Waals surface area contributed by atoms with Crippen LogP contribution in [0, 0.1) is 11.3 Å². The van der Waals surface area contributed by atoms with Gasteiger partial charge in [0.25, 0.3) is 0 Å². The lowest BCUT2D eigenvalue weighted by molar-refractivity contribution is -0.138. The molecule has 0 N–H and O–H groups in total. The van der Waals surface area contributed by atoms with E-state index in [4.69, 9.17) is 5.26 Å². The molecule has 0 heterocycles. The highest BCUT2D eigenvalue weighted by Crippen LogP contribution is 1.88. The third kappa shape index (κ3) is 24.7. The summed E-state index contributed by atoms with van der Waals surface area (Å²) in [6, 6.07) is 1.69. The van der Waals surface area contributed by atoms with Crippen LogP contribution in [0.4, 0.5) is 0 Å². The number of carbonyl (C=O) groups is 2. The summed E-state index contributed by atoms with van der Waals surface area (Å²) in [6.07, 6.45) is 4.33. The van der Waals surface area contributed by atoms with Crippen molar-refractivity contribution in [1.29, 1.82) is 5.26 Å². The predicted molar refractivity (Wildman–Crippen MR) is 78.7 cm³/mol. The summed E-state index contributed by atoms with van der Waals surface area (Å²) in [5, 5.41) is 7.51. The van der Waals surface area contributed by atoms with Gasteiger partial charge in [0, 0.05) is 17.7 Å². The van der Waals surface area contributed by atoms with E-state index in [0.29, 0.717) is 12.2 Å². The lowest BCUT2D eigenvalue weighted by Crippen LogP contribution is -2.00. The molecule has 0 saturated carbocycles. The number of nitrogens with zero attached hydrogens (tertiary/aromatic N) is 1. The zero-order valence-electron chi connectivity index (χ0n) is 12.5. The van der Waals surface area contributed by atoms with Gasteiger partial charge in [-0.25, -0.2) is 9.59 Å². The third-order valence-electron chi connectivity index (χ3n) is 1.53. The smallest absolute Gasteiger partial charge is 0.332 e. The molecule has 20 heavy (non-hydrogen) atoms. The number of ether oxygens (including phenoxy) is 2. The highest BCUT2D eigenvalue weighted by Gasteiger charge is 1.95.